The molecule has 0 bridgehead atoms. The maximum absolute atomic E-state index is 13.3. The van der Waals surface area contributed by atoms with Gasteiger partial charge in [-0.3, -0.25) is 0 Å². The second kappa shape index (κ2) is 5.09. The third-order valence-electron chi connectivity index (χ3n) is 3.59. The van der Waals surface area contributed by atoms with E-state index in [0.717, 1.165) is 25.2 Å². The highest BCUT2D eigenvalue weighted by atomic mass is 79.9. The van der Waals surface area contributed by atoms with E-state index in [9.17, 15) is 9.18 Å². The van der Waals surface area contributed by atoms with Gasteiger partial charge in [-0.2, -0.15) is 0 Å². The molecule has 2 aliphatic heterocycles. The average molecular weight is 328 g/mol. The van der Waals surface area contributed by atoms with Gasteiger partial charge in [0.1, 0.15) is 5.82 Å². The molecule has 1 unspecified atom stereocenters. The molecule has 102 valence electrons. The fraction of sp³-hybridized carbons (Fsp3) is 0.462. The van der Waals surface area contributed by atoms with E-state index in [1.54, 1.807) is 4.90 Å². The Bertz CT molecular complexity index is 490. The largest absolute Gasteiger partial charge is 0.320 e. The molecule has 0 aliphatic carbocycles. The van der Waals surface area contributed by atoms with Crippen molar-refractivity contribution in [2.24, 2.45) is 0 Å². The van der Waals surface area contributed by atoms with Gasteiger partial charge in [0, 0.05) is 37.2 Å². The standard InChI is InChI=1S/C13H15BrFN3O/c14-10-3-9(4-11(15)5-10)7-17-8-12-6-16-1-2-18(12)13(17)19/h3-5,12,16H,1-2,6-8H2. The molecule has 0 aromatic heterocycles. The molecule has 1 N–H and O–H groups in total. The molecule has 2 amide bonds. The molecule has 6 heteroatoms. The van der Waals surface area contributed by atoms with Gasteiger partial charge in [0.2, 0.25) is 0 Å². The second-order valence-corrected chi connectivity index (χ2v) is 5.91. The molecule has 0 radical (unpaired) electrons. The Labute approximate surface area is 119 Å². The third-order valence-corrected chi connectivity index (χ3v) is 4.05. The number of hydrogen-bond acceptors (Lipinski definition) is 2. The summed E-state index contributed by atoms with van der Waals surface area (Å²) >= 11 is 3.27. The first-order valence-corrected chi connectivity index (χ1v) is 7.14. The Balaban J connectivity index is 1.75. The van der Waals surface area contributed by atoms with E-state index in [2.05, 4.69) is 21.2 Å². The molecule has 0 saturated carbocycles. The van der Waals surface area contributed by atoms with Gasteiger partial charge in [0.15, 0.2) is 0 Å². The van der Waals surface area contributed by atoms with Crippen LogP contribution < -0.4 is 5.32 Å². The highest BCUT2D eigenvalue weighted by Gasteiger charge is 2.38. The molecule has 2 heterocycles. The lowest BCUT2D eigenvalue weighted by Gasteiger charge is -2.28. The summed E-state index contributed by atoms with van der Waals surface area (Å²) < 4.78 is 14.0. The predicted octanol–water partition coefficient (Wildman–Crippen LogP) is 1.80. The summed E-state index contributed by atoms with van der Waals surface area (Å²) in [7, 11) is 0. The van der Waals surface area contributed by atoms with Crippen molar-refractivity contribution >= 4 is 22.0 Å². The third kappa shape index (κ3) is 2.60. The number of halogens is 2. The predicted molar refractivity (Wildman–Crippen MR) is 73.3 cm³/mol. The van der Waals surface area contributed by atoms with Gasteiger partial charge in [-0.05, 0) is 23.8 Å². The van der Waals surface area contributed by atoms with Crippen LogP contribution in [0.15, 0.2) is 22.7 Å². The van der Waals surface area contributed by atoms with Crippen molar-refractivity contribution < 1.29 is 9.18 Å². The van der Waals surface area contributed by atoms with E-state index in [1.807, 2.05) is 11.0 Å². The molecule has 1 atom stereocenters. The minimum Gasteiger partial charge on any atom is -0.318 e. The molecule has 2 aliphatic rings. The zero-order valence-corrected chi connectivity index (χ0v) is 12.0. The van der Waals surface area contributed by atoms with Crippen molar-refractivity contribution in [3.8, 4) is 0 Å². The first-order valence-electron chi connectivity index (χ1n) is 6.35. The zero-order chi connectivity index (χ0) is 13.4. The van der Waals surface area contributed by atoms with Crippen LogP contribution in [0.2, 0.25) is 0 Å². The molecule has 1 aromatic rings. The minimum absolute atomic E-state index is 0.0619. The van der Waals surface area contributed by atoms with Crippen LogP contribution in [0.3, 0.4) is 0 Å². The monoisotopic (exact) mass is 327 g/mol. The van der Waals surface area contributed by atoms with Crippen molar-refractivity contribution in [2.75, 3.05) is 26.2 Å². The van der Waals surface area contributed by atoms with Crippen LogP contribution in [0.25, 0.3) is 0 Å². The number of nitrogens with one attached hydrogen (secondary N) is 1. The highest BCUT2D eigenvalue weighted by molar-refractivity contribution is 9.10. The Kier molecular flexibility index (Phi) is 3.45. The van der Waals surface area contributed by atoms with E-state index < -0.39 is 0 Å². The van der Waals surface area contributed by atoms with Crippen LogP contribution in [0.4, 0.5) is 9.18 Å². The lowest BCUT2D eigenvalue weighted by molar-refractivity contribution is 0.178. The number of nitrogens with zero attached hydrogens (tertiary/aromatic N) is 2. The Morgan fingerprint density at radius 1 is 1.42 bits per heavy atom. The number of urea groups is 1. The van der Waals surface area contributed by atoms with Crippen molar-refractivity contribution in [1.29, 1.82) is 0 Å². The van der Waals surface area contributed by atoms with E-state index in [1.165, 1.54) is 12.1 Å². The summed E-state index contributed by atoms with van der Waals surface area (Å²) in [5, 5.41) is 3.29. The van der Waals surface area contributed by atoms with Crippen molar-refractivity contribution in [1.82, 2.24) is 15.1 Å². The average Bonchev–Trinajstić information content (AvgIpc) is 2.66. The number of carbonyl (C=O) groups is 1. The van der Waals surface area contributed by atoms with Crippen molar-refractivity contribution in [3.63, 3.8) is 0 Å². The number of amides is 2. The highest BCUT2D eigenvalue weighted by Crippen LogP contribution is 2.22. The summed E-state index contributed by atoms with van der Waals surface area (Å²) in [6.45, 7) is 3.62. The van der Waals surface area contributed by atoms with Gasteiger partial charge in [-0.25, -0.2) is 9.18 Å². The summed E-state index contributed by atoms with van der Waals surface area (Å²) in [6.07, 6.45) is 0. The molecule has 0 spiro atoms. The van der Waals surface area contributed by atoms with Crippen LogP contribution in [-0.4, -0.2) is 48.1 Å². The van der Waals surface area contributed by atoms with Crippen LogP contribution >= 0.6 is 15.9 Å². The lowest BCUT2D eigenvalue weighted by Crippen LogP contribution is -2.49. The number of benzene rings is 1. The van der Waals surface area contributed by atoms with E-state index >= 15 is 0 Å². The SMILES string of the molecule is O=C1N(Cc2cc(F)cc(Br)c2)CC2CNCCN12. The number of hydrogen-bond donors (Lipinski definition) is 1. The van der Waals surface area contributed by atoms with Crippen LogP contribution in [0.1, 0.15) is 5.56 Å². The van der Waals surface area contributed by atoms with Crippen LogP contribution in [0, 0.1) is 5.82 Å². The van der Waals surface area contributed by atoms with Gasteiger partial charge in [0.25, 0.3) is 0 Å². The Morgan fingerprint density at radius 3 is 3.00 bits per heavy atom. The molecule has 19 heavy (non-hydrogen) atoms. The van der Waals surface area contributed by atoms with Crippen molar-refractivity contribution in [2.45, 2.75) is 12.6 Å². The molecule has 1 aromatic carbocycles. The van der Waals surface area contributed by atoms with Crippen LogP contribution in [-0.2, 0) is 6.54 Å². The normalized spacial score (nSPS) is 22.8. The maximum atomic E-state index is 13.3. The first-order chi connectivity index (χ1) is 9.13. The number of carbonyl (C=O) groups excluding carboxylic acids is 1. The van der Waals surface area contributed by atoms with Gasteiger partial charge in [0.05, 0.1) is 6.04 Å². The van der Waals surface area contributed by atoms with E-state index in [4.69, 9.17) is 0 Å². The van der Waals surface area contributed by atoms with Crippen molar-refractivity contribution in [3.05, 3.63) is 34.1 Å². The number of piperazine rings is 1. The molecule has 4 nitrogen and oxygen atoms in total. The molecular formula is C13H15BrFN3O. The number of fused-ring (bicyclic) bond motifs is 1. The summed E-state index contributed by atoms with van der Waals surface area (Å²) in [5.41, 5.74) is 0.813. The summed E-state index contributed by atoms with van der Waals surface area (Å²) in [6, 6.07) is 5.06. The molecule has 3 rings (SSSR count). The molecule has 2 saturated heterocycles. The molecular weight excluding hydrogens is 313 g/mol. The van der Waals surface area contributed by atoms with Gasteiger partial charge >= 0.3 is 6.03 Å². The van der Waals surface area contributed by atoms with E-state index in [-0.39, 0.29) is 17.9 Å². The quantitative estimate of drug-likeness (QED) is 0.899. The van der Waals surface area contributed by atoms with Gasteiger partial charge in [-0.1, -0.05) is 15.9 Å². The molecule has 2 fully saturated rings. The minimum atomic E-state index is -0.282. The topological polar surface area (TPSA) is 35.6 Å². The van der Waals surface area contributed by atoms with E-state index in [0.29, 0.717) is 17.6 Å². The Morgan fingerprint density at radius 2 is 2.26 bits per heavy atom. The first kappa shape index (κ1) is 12.9. The summed E-state index contributed by atoms with van der Waals surface area (Å²) in [5.74, 6) is -0.282. The fourth-order valence-corrected chi connectivity index (χ4v) is 3.26. The van der Waals surface area contributed by atoms with Gasteiger partial charge in [-0.15, -0.1) is 0 Å². The van der Waals surface area contributed by atoms with Crippen LogP contribution in [0.5, 0.6) is 0 Å². The fourth-order valence-electron chi connectivity index (χ4n) is 2.74. The second-order valence-electron chi connectivity index (χ2n) is 4.99. The Hall–Kier alpha value is -1.14. The maximum Gasteiger partial charge on any atom is 0.320 e. The van der Waals surface area contributed by atoms with Gasteiger partial charge < -0.3 is 15.1 Å². The lowest BCUT2D eigenvalue weighted by atomic mass is 10.2. The summed E-state index contributed by atoms with van der Waals surface area (Å²) in [4.78, 5) is 15.9. The smallest absolute Gasteiger partial charge is 0.318 e. The zero-order valence-electron chi connectivity index (χ0n) is 10.4. The number of rotatable bonds is 2.